The molecule has 0 saturated heterocycles. The molecular formula is C8H8OS. The molecule has 2 aromatic heterocycles. The first-order valence-corrected chi connectivity index (χ1v) is 4.04. The molecule has 0 aliphatic rings. The minimum Gasteiger partial charge on any atom is -0.454 e. The molecule has 0 aliphatic carbocycles. The van der Waals surface area contributed by atoms with E-state index in [2.05, 4.69) is 13.8 Å². The Morgan fingerprint density at radius 3 is 2.90 bits per heavy atom. The molecule has 2 heteroatoms. The first-order chi connectivity index (χ1) is 4.79. The van der Waals surface area contributed by atoms with Crippen molar-refractivity contribution in [2.75, 3.05) is 0 Å². The van der Waals surface area contributed by atoms with Crippen LogP contribution >= 0.6 is 11.3 Å². The van der Waals surface area contributed by atoms with E-state index in [1.807, 2.05) is 6.07 Å². The maximum Gasteiger partial charge on any atom is 0.187 e. The van der Waals surface area contributed by atoms with Crippen LogP contribution in [-0.2, 0) is 0 Å². The molecule has 0 atom stereocenters. The Labute approximate surface area is 63.3 Å². The van der Waals surface area contributed by atoms with Crippen LogP contribution in [0, 0.1) is 13.8 Å². The van der Waals surface area contributed by atoms with Crippen molar-refractivity contribution in [1.82, 2.24) is 0 Å². The minimum atomic E-state index is 1.05. The third kappa shape index (κ3) is 0.625. The molecule has 0 bridgehead atoms. The summed E-state index contributed by atoms with van der Waals surface area (Å²) in [6.07, 6.45) is 1.74. The van der Waals surface area contributed by atoms with Gasteiger partial charge in [0.15, 0.2) is 4.90 Å². The van der Waals surface area contributed by atoms with Crippen LogP contribution in [0.4, 0.5) is 0 Å². The standard InChI is InChI=1S/C8H8OS/c1-5-6(2)10-8-7(5)3-4-9-8/h3-4H,1-2H3. The van der Waals surface area contributed by atoms with Gasteiger partial charge in [0.25, 0.3) is 0 Å². The summed E-state index contributed by atoms with van der Waals surface area (Å²) in [5, 5.41) is 1.27. The Morgan fingerprint density at radius 1 is 1.40 bits per heavy atom. The van der Waals surface area contributed by atoms with Gasteiger partial charge in [-0.05, 0) is 25.5 Å². The molecule has 2 heterocycles. The van der Waals surface area contributed by atoms with Crippen LogP contribution in [0.3, 0.4) is 0 Å². The lowest BCUT2D eigenvalue weighted by Crippen LogP contribution is -1.65. The largest absolute Gasteiger partial charge is 0.454 e. The fraction of sp³-hybridized carbons (Fsp3) is 0.250. The smallest absolute Gasteiger partial charge is 0.187 e. The van der Waals surface area contributed by atoms with Crippen LogP contribution < -0.4 is 0 Å². The summed E-state index contributed by atoms with van der Waals surface area (Å²) in [6.45, 7) is 4.25. The second kappa shape index (κ2) is 1.86. The molecule has 0 aromatic carbocycles. The van der Waals surface area contributed by atoms with Crippen molar-refractivity contribution in [3.8, 4) is 0 Å². The van der Waals surface area contributed by atoms with Gasteiger partial charge in [-0.25, -0.2) is 0 Å². The van der Waals surface area contributed by atoms with Crippen LogP contribution in [0.1, 0.15) is 10.4 Å². The number of aryl methyl sites for hydroxylation is 2. The highest BCUT2D eigenvalue weighted by molar-refractivity contribution is 7.18. The third-order valence-electron chi connectivity index (χ3n) is 1.81. The first-order valence-electron chi connectivity index (χ1n) is 3.22. The molecule has 52 valence electrons. The van der Waals surface area contributed by atoms with Crippen LogP contribution in [0.25, 0.3) is 10.3 Å². The molecule has 0 saturated carbocycles. The molecule has 0 N–H and O–H groups in total. The quantitative estimate of drug-likeness (QED) is 0.565. The lowest BCUT2D eigenvalue weighted by Gasteiger charge is -1.82. The second-order valence-corrected chi connectivity index (χ2v) is 3.59. The van der Waals surface area contributed by atoms with Gasteiger partial charge < -0.3 is 4.42 Å². The number of fused-ring (bicyclic) bond motifs is 1. The second-order valence-electron chi connectivity index (χ2n) is 2.40. The van der Waals surface area contributed by atoms with Crippen molar-refractivity contribution in [3.63, 3.8) is 0 Å². The first kappa shape index (κ1) is 5.98. The Balaban J connectivity index is 2.95. The van der Waals surface area contributed by atoms with Gasteiger partial charge >= 0.3 is 0 Å². The van der Waals surface area contributed by atoms with E-state index >= 15 is 0 Å². The molecule has 0 aliphatic heterocycles. The van der Waals surface area contributed by atoms with Crippen LogP contribution in [0.5, 0.6) is 0 Å². The van der Waals surface area contributed by atoms with E-state index < -0.39 is 0 Å². The number of hydrogen-bond donors (Lipinski definition) is 0. The normalized spacial score (nSPS) is 11.0. The Hall–Kier alpha value is -0.760. The van der Waals surface area contributed by atoms with E-state index in [0.29, 0.717) is 0 Å². The predicted octanol–water partition coefficient (Wildman–Crippen LogP) is 3.11. The number of thiophene rings is 1. The lowest BCUT2D eigenvalue weighted by atomic mass is 10.2. The van der Waals surface area contributed by atoms with E-state index in [9.17, 15) is 0 Å². The fourth-order valence-corrected chi connectivity index (χ4v) is 2.03. The summed E-state index contributed by atoms with van der Waals surface area (Å²) < 4.78 is 5.24. The van der Waals surface area contributed by atoms with Crippen molar-refractivity contribution in [2.24, 2.45) is 0 Å². The third-order valence-corrected chi connectivity index (χ3v) is 2.92. The molecule has 0 fully saturated rings. The van der Waals surface area contributed by atoms with Crippen LogP contribution in [0.2, 0.25) is 0 Å². The van der Waals surface area contributed by atoms with Gasteiger partial charge in [-0.1, -0.05) is 0 Å². The van der Waals surface area contributed by atoms with Gasteiger partial charge in [-0.15, -0.1) is 11.3 Å². The highest BCUT2D eigenvalue weighted by Crippen LogP contribution is 2.30. The molecule has 10 heavy (non-hydrogen) atoms. The minimum absolute atomic E-state index is 1.05. The highest BCUT2D eigenvalue weighted by Gasteiger charge is 2.05. The summed E-state index contributed by atoms with van der Waals surface area (Å²) in [5.41, 5.74) is 1.36. The summed E-state index contributed by atoms with van der Waals surface area (Å²) in [5.74, 6) is 0. The number of hydrogen-bond acceptors (Lipinski definition) is 2. The van der Waals surface area contributed by atoms with E-state index in [4.69, 9.17) is 4.42 Å². The molecular weight excluding hydrogens is 144 g/mol. The highest BCUT2D eigenvalue weighted by atomic mass is 32.1. The molecule has 2 rings (SSSR count). The Kier molecular flexibility index (Phi) is 1.11. The van der Waals surface area contributed by atoms with E-state index in [1.165, 1.54) is 15.8 Å². The molecule has 0 radical (unpaired) electrons. The van der Waals surface area contributed by atoms with Crippen LogP contribution in [0.15, 0.2) is 16.7 Å². The van der Waals surface area contributed by atoms with Crippen molar-refractivity contribution in [2.45, 2.75) is 13.8 Å². The molecule has 0 amide bonds. The fourth-order valence-electron chi connectivity index (χ4n) is 1.06. The summed E-state index contributed by atoms with van der Waals surface area (Å²) in [4.78, 5) is 2.41. The molecule has 0 spiro atoms. The average Bonchev–Trinajstić information content (AvgIpc) is 2.41. The lowest BCUT2D eigenvalue weighted by molar-refractivity contribution is 0.623. The van der Waals surface area contributed by atoms with E-state index in [1.54, 1.807) is 17.6 Å². The predicted molar refractivity (Wildman–Crippen MR) is 43.6 cm³/mol. The zero-order valence-corrected chi connectivity index (χ0v) is 6.79. The van der Waals surface area contributed by atoms with Gasteiger partial charge in [-0.2, -0.15) is 0 Å². The molecule has 1 nitrogen and oxygen atoms in total. The zero-order valence-electron chi connectivity index (χ0n) is 5.97. The summed E-state index contributed by atoms with van der Waals surface area (Å²) >= 11 is 1.72. The van der Waals surface area contributed by atoms with E-state index in [-0.39, 0.29) is 0 Å². The summed E-state index contributed by atoms with van der Waals surface area (Å²) in [7, 11) is 0. The Bertz CT molecular complexity index is 356. The van der Waals surface area contributed by atoms with Crippen molar-refractivity contribution < 1.29 is 4.42 Å². The SMILES string of the molecule is Cc1sc2occc2c1C. The van der Waals surface area contributed by atoms with Gasteiger partial charge in [0.05, 0.1) is 6.26 Å². The van der Waals surface area contributed by atoms with Crippen molar-refractivity contribution in [3.05, 3.63) is 22.8 Å². The average molecular weight is 152 g/mol. The number of rotatable bonds is 0. The summed E-state index contributed by atoms with van der Waals surface area (Å²) in [6, 6.07) is 2.02. The molecule has 2 aromatic rings. The maximum atomic E-state index is 5.24. The van der Waals surface area contributed by atoms with Gasteiger partial charge in [-0.3, -0.25) is 0 Å². The maximum absolute atomic E-state index is 5.24. The van der Waals surface area contributed by atoms with Gasteiger partial charge in [0, 0.05) is 10.3 Å². The number of furan rings is 1. The topological polar surface area (TPSA) is 13.1 Å². The van der Waals surface area contributed by atoms with Crippen molar-refractivity contribution in [1.29, 1.82) is 0 Å². The zero-order chi connectivity index (χ0) is 7.14. The monoisotopic (exact) mass is 152 g/mol. The van der Waals surface area contributed by atoms with Gasteiger partial charge in [0.2, 0.25) is 0 Å². The molecule has 0 unspecified atom stereocenters. The van der Waals surface area contributed by atoms with Gasteiger partial charge in [0.1, 0.15) is 0 Å². The Morgan fingerprint density at radius 2 is 2.20 bits per heavy atom. The van der Waals surface area contributed by atoms with E-state index in [0.717, 1.165) is 4.90 Å². The van der Waals surface area contributed by atoms with Crippen molar-refractivity contribution >= 4 is 21.6 Å². The van der Waals surface area contributed by atoms with Crippen LogP contribution in [-0.4, -0.2) is 0 Å².